The molecule has 6 aromatic rings. The molecule has 6 rings (SSSR count). The fourth-order valence-corrected chi connectivity index (χ4v) is 4.99. The molecule has 0 fully saturated rings. The maximum absolute atomic E-state index is 6.50. The Bertz CT molecular complexity index is 1640. The Morgan fingerprint density at radius 3 is 1.11 bits per heavy atom. The predicted molar refractivity (Wildman–Crippen MR) is 152 cm³/mol. The van der Waals surface area contributed by atoms with Crippen LogP contribution in [0.25, 0.3) is 32.3 Å². The van der Waals surface area contributed by atoms with Crippen molar-refractivity contribution in [3.05, 3.63) is 117 Å². The standard InChI is InChI=1S/C30H16Cl4O2/c31-25-13-17-11-21-22(12-18(17)14-26(25)32)30(36-20-9-5-2-6-10-20)24-16-28(34)27(33)15-23(24)29(21)35-19-7-3-1-4-8-19/h1-16H. The monoisotopic (exact) mass is 548 g/mol. The molecule has 0 aliphatic heterocycles. The molecule has 0 aliphatic carbocycles. The van der Waals surface area contributed by atoms with Crippen LogP contribution in [0.15, 0.2) is 97.1 Å². The Morgan fingerprint density at radius 2 is 0.722 bits per heavy atom. The maximum Gasteiger partial charge on any atom is 0.143 e. The van der Waals surface area contributed by atoms with E-state index in [9.17, 15) is 0 Å². The molecule has 0 radical (unpaired) electrons. The minimum absolute atomic E-state index is 0.419. The van der Waals surface area contributed by atoms with E-state index in [1.54, 1.807) is 0 Å². The second-order valence-corrected chi connectivity index (χ2v) is 9.94. The van der Waals surface area contributed by atoms with Crippen molar-refractivity contribution in [1.29, 1.82) is 0 Å². The lowest BCUT2D eigenvalue weighted by Gasteiger charge is -2.19. The number of halogens is 4. The molecule has 0 spiro atoms. The molecule has 0 heterocycles. The highest BCUT2D eigenvalue weighted by Crippen LogP contribution is 2.49. The molecule has 0 amide bonds. The van der Waals surface area contributed by atoms with E-state index in [0.29, 0.717) is 43.1 Å². The summed E-state index contributed by atoms with van der Waals surface area (Å²) in [6, 6.07) is 30.6. The molecule has 2 nitrogen and oxygen atoms in total. The van der Waals surface area contributed by atoms with E-state index in [-0.39, 0.29) is 0 Å². The van der Waals surface area contributed by atoms with Crippen LogP contribution in [-0.4, -0.2) is 0 Å². The lowest BCUT2D eigenvalue weighted by atomic mass is 9.97. The van der Waals surface area contributed by atoms with Crippen molar-refractivity contribution < 1.29 is 9.47 Å². The van der Waals surface area contributed by atoms with Crippen LogP contribution in [0.2, 0.25) is 20.1 Å². The average Bonchev–Trinajstić information content (AvgIpc) is 2.88. The first-order chi connectivity index (χ1) is 17.5. The highest BCUT2D eigenvalue weighted by atomic mass is 35.5. The van der Waals surface area contributed by atoms with Gasteiger partial charge >= 0.3 is 0 Å². The molecule has 36 heavy (non-hydrogen) atoms. The van der Waals surface area contributed by atoms with Crippen molar-refractivity contribution >= 4 is 78.7 Å². The molecule has 0 N–H and O–H groups in total. The van der Waals surface area contributed by atoms with Crippen LogP contribution in [0.5, 0.6) is 23.0 Å². The SMILES string of the molecule is Clc1cc2cc3c(Oc4ccccc4)c4cc(Cl)c(Cl)cc4c(Oc4ccccc4)c3cc2cc1Cl. The van der Waals surface area contributed by atoms with E-state index in [1.165, 1.54) is 0 Å². The zero-order valence-corrected chi connectivity index (χ0v) is 21.6. The Labute approximate surface area is 227 Å². The van der Waals surface area contributed by atoms with Gasteiger partial charge in [-0.15, -0.1) is 0 Å². The lowest BCUT2D eigenvalue weighted by Crippen LogP contribution is -1.94. The molecule has 0 saturated carbocycles. The van der Waals surface area contributed by atoms with E-state index in [0.717, 1.165) is 32.3 Å². The Morgan fingerprint density at radius 1 is 0.389 bits per heavy atom. The topological polar surface area (TPSA) is 18.5 Å². The number of hydrogen-bond acceptors (Lipinski definition) is 2. The summed E-state index contributed by atoms with van der Waals surface area (Å²) < 4.78 is 13.0. The van der Waals surface area contributed by atoms with Gasteiger partial charge in [0.25, 0.3) is 0 Å². The minimum atomic E-state index is 0.419. The van der Waals surface area contributed by atoms with Gasteiger partial charge in [-0.25, -0.2) is 0 Å². The smallest absolute Gasteiger partial charge is 0.143 e. The van der Waals surface area contributed by atoms with Crippen LogP contribution in [0, 0.1) is 0 Å². The summed E-state index contributed by atoms with van der Waals surface area (Å²) in [6.07, 6.45) is 0. The molecule has 0 atom stereocenters. The molecule has 0 unspecified atom stereocenters. The van der Waals surface area contributed by atoms with Crippen LogP contribution >= 0.6 is 46.4 Å². The summed E-state index contributed by atoms with van der Waals surface area (Å²) in [6.45, 7) is 0. The molecular formula is C30H16Cl4O2. The maximum atomic E-state index is 6.50. The molecule has 0 aromatic heterocycles. The second-order valence-electron chi connectivity index (χ2n) is 8.31. The second kappa shape index (κ2) is 9.38. The molecule has 6 heteroatoms. The first kappa shape index (κ1) is 23.3. The number of ether oxygens (including phenoxy) is 2. The number of rotatable bonds is 4. The Hall–Kier alpha value is -3.14. The van der Waals surface area contributed by atoms with Crippen molar-refractivity contribution in [2.45, 2.75) is 0 Å². The van der Waals surface area contributed by atoms with Crippen molar-refractivity contribution in [1.82, 2.24) is 0 Å². The van der Waals surface area contributed by atoms with E-state index < -0.39 is 0 Å². The van der Waals surface area contributed by atoms with Crippen LogP contribution < -0.4 is 9.47 Å². The zero-order valence-electron chi connectivity index (χ0n) is 18.6. The minimum Gasteiger partial charge on any atom is -0.456 e. The van der Waals surface area contributed by atoms with Crippen LogP contribution in [0.4, 0.5) is 0 Å². The van der Waals surface area contributed by atoms with E-state index in [2.05, 4.69) is 0 Å². The van der Waals surface area contributed by atoms with Crippen molar-refractivity contribution in [3.63, 3.8) is 0 Å². The molecule has 0 aliphatic rings. The third-order valence-corrected chi connectivity index (χ3v) is 7.43. The molecule has 0 bridgehead atoms. The zero-order chi connectivity index (χ0) is 24.8. The van der Waals surface area contributed by atoms with Gasteiger partial charge in [-0.2, -0.15) is 0 Å². The van der Waals surface area contributed by atoms with Crippen LogP contribution in [-0.2, 0) is 0 Å². The van der Waals surface area contributed by atoms with Crippen molar-refractivity contribution in [2.24, 2.45) is 0 Å². The molecule has 6 aromatic carbocycles. The van der Waals surface area contributed by atoms with Gasteiger partial charge in [0.15, 0.2) is 0 Å². The first-order valence-electron chi connectivity index (χ1n) is 11.1. The average molecular weight is 550 g/mol. The third-order valence-electron chi connectivity index (χ3n) is 5.98. The summed E-state index contributed by atoms with van der Waals surface area (Å²) in [5.74, 6) is 2.66. The number of fused-ring (bicyclic) bond motifs is 3. The van der Waals surface area contributed by atoms with Gasteiger partial charge in [0.05, 0.1) is 20.1 Å². The summed E-state index contributed by atoms with van der Waals surface area (Å²) in [4.78, 5) is 0. The van der Waals surface area contributed by atoms with Gasteiger partial charge in [-0.1, -0.05) is 82.8 Å². The fraction of sp³-hybridized carbons (Fsp3) is 0. The lowest BCUT2D eigenvalue weighted by molar-refractivity contribution is 0.486. The largest absolute Gasteiger partial charge is 0.456 e. The van der Waals surface area contributed by atoms with Crippen LogP contribution in [0.1, 0.15) is 0 Å². The van der Waals surface area contributed by atoms with Crippen LogP contribution in [0.3, 0.4) is 0 Å². The van der Waals surface area contributed by atoms with Crippen molar-refractivity contribution in [3.8, 4) is 23.0 Å². The van der Waals surface area contributed by atoms with Gasteiger partial charge in [0.1, 0.15) is 23.0 Å². The first-order valence-corrected chi connectivity index (χ1v) is 12.6. The number of hydrogen-bond donors (Lipinski definition) is 0. The van der Waals surface area contributed by atoms with Gasteiger partial charge < -0.3 is 9.47 Å². The van der Waals surface area contributed by atoms with Gasteiger partial charge in [0.2, 0.25) is 0 Å². The summed E-state index contributed by atoms with van der Waals surface area (Å²) >= 11 is 25.7. The summed E-state index contributed by atoms with van der Waals surface area (Å²) in [5, 5.41) is 6.83. The molecular weight excluding hydrogens is 534 g/mol. The molecule has 176 valence electrons. The highest BCUT2D eigenvalue weighted by molar-refractivity contribution is 6.44. The van der Waals surface area contributed by atoms with E-state index in [1.807, 2.05) is 97.1 Å². The number of para-hydroxylation sites is 2. The quantitative estimate of drug-likeness (QED) is 0.203. The normalized spacial score (nSPS) is 11.3. The number of benzene rings is 6. The third kappa shape index (κ3) is 4.21. The Balaban J connectivity index is 1.76. The van der Waals surface area contributed by atoms with E-state index in [4.69, 9.17) is 55.9 Å². The fourth-order valence-electron chi connectivity index (χ4n) is 4.32. The highest BCUT2D eigenvalue weighted by Gasteiger charge is 2.20. The van der Waals surface area contributed by atoms with Crippen molar-refractivity contribution in [2.75, 3.05) is 0 Å². The predicted octanol–water partition coefficient (Wildman–Crippen LogP) is 11.3. The summed E-state index contributed by atoms with van der Waals surface area (Å²) in [5.41, 5.74) is 0. The molecule has 0 saturated heterocycles. The van der Waals surface area contributed by atoms with Gasteiger partial charge in [0, 0.05) is 21.5 Å². The summed E-state index contributed by atoms with van der Waals surface area (Å²) in [7, 11) is 0. The Kier molecular flexibility index (Phi) is 6.07. The van der Waals surface area contributed by atoms with E-state index >= 15 is 0 Å². The van der Waals surface area contributed by atoms with Gasteiger partial charge in [-0.05, 0) is 71.4 Å². The van der Waals surface area contributed by atoms with Gasteiger partial charge in [-0.3, -0.25) is 0 Å².